The Bertz CT molecular complexity index is 543. The largest absolute Gasteiger partial charge is 0.460 e. The summed E-state index contributed by atoms with van der Waals surface area (Å²) in [5, 5.41) is 0. The van der Waals surface area contributed by atoms with Crippen molar-refractivity contribution < 1.29 is 75.0 Å². The number of ether oxygens (including phenoxy) is 1. The second-order valence-corrected chi connectivity index (χ2v) is 4.59. The van der Waals surface area contributed by atoms with Gasteiger partial charge < -0.3 is 0 Å². The van der Waals surface area contributed by atoms with Gasteiger partial charge in [0.05, 0.1) is 0 Å². The Morgan fingerprint density at radius 2 is 0.960 bits per heavy atom. The molecule has 1 saturated heterocycles. The van der Waals surface area contributed by atoms with Crippen LogP contribution in [-0.4, -0.2) is 47.8 Å². The molecule has 1 fully saturated rings. The highest BCUT2D eigenvalue weighted by Crippen LogP contribution is 2.70. The lowest BCUT2D eigenvalue weighted by molar-refractivity contribution is -0.448. The highest BCUT2D eigenvalue weighted by molar-refractivity contribution is 5.22. The minimum Gasteiger partial charge on any atom is -0.269 e. The zero-order valence-electron chi connectivity index (χ0n) is 10.5. The van der Waals surface area contributed by atoms with E-state index >= 15 is 0 Å². The van der Waals surface area contributed by atoms with Gasteiger partial charge in [-0.3, -0.25) is 4.74 Å². The summed E-state index contributed by atoms with van der Waals surface area (Å²) in [6.07, 6.45) is -22.5. The summed E-state index contributed by atoms with van der Waals surface area (Å²) in [5.41, 5.74) is -7.69. The molecule has 2 atom stereocenters. The summed E-state index contributed by atoms with van der Waals surface area (Å²) < 4.78 is 203. The van der Waals surface area contributed by atoms with E-state index in [4.69, 9.17) is 0 Å². The van der Waals surface area contributed by atoms with Crippen molar-refractivity contribution in [1.29, 1.82) is 0 Å². The fourth-order valence-corrected chi connectivity index (χ4v) is 1.70. The second-order valence-electron chi connectivity index (χ2n) is 4.59. The van der Waals surface area contributed by atoms with E-state index < -0.39 is 47.8 Å². The van der Waals surface area contributed by atoms with Crippen LogP contribution in [0.3, 0.4) is 0 Å². The molecule has 25 heavy (non-hydrogen) atoms. The van der Waals surface area contributed by atoms with E-state index in [0.29, 0.717) is 0 Å². The van der Waals surface area contributed by atoms with Crippen molar-refractivity contribution in [2.45, 2.75) is 47.8 Å². The van der Waals surface area contributed by atoms with Crippen molar-refractivity contribution in [3.05, 3.63) is 0 Å². The van der Waals surface area contributed by atoms with Gasteiger partial charge in [0.25, 0.3) is 0 Å². The van der Waals surface area contributed by atoms with Crippen LogP contribution in [0, 0.1) is 0 Å². The predicted octanol–water partition coefficient (Wildman–Crippen LogP) is 5.01. The van der Waals surface area contributed by atoms with Gasteiger partial charge in [0.2, 0.25) is 0 Å². The Hall–Kier alpha value is -1.16. The highest BCUT2D eigenvalue weighted by atomic mass is 19.4. The maximum Gasteiger partial charge on any atom is 0.460 e. The number of halogens is 16. The number of alkyl halides is 16. The topological polar surface area (TPSA) is 9.23 Å². The third-order valence-electron chi connectivity index (χ3n) is 3.05. The third kappa shape index (κ3) is 2.16. The molecule has 0 aromatic carbocycles. The van der Waals surface area contributed by atoms with Crippen LogP contribution in [0.15, 0.2) is 0 Å². The molecule has 1 heterocycles. The van der Waals surface area contributed by atoms with Crippen molar-refractivity contribution in [1.82, 2.24) is 0 Å². The first kappa shape index (κ1) is 21.9. The molecule has 0 amide bonds. The van der Waals surface area contributed by atoms with Crippen LogP contribution < -0.4 is 0 Å². The molecule has 0 aromatic heterocycles. The average Bonchev–Trinajstić information content (AvgIpc) is 2.43. The van der Waals surface area contributed by atoms with Gasteiger partial charge in [-0.15, -0.1) is 0 Å². The average molecular weight is 416 g/mol. The summed E-state index contributed by atoms with van der Waals surface area (Å²) in [4.78, 5) is 0. The smallest absolute Gasteiger partial charge is 0.269 e. The first-order chi connectivity index (χ1) is 10.5. The van der Waals surface area contributed by atoms with Gasteiger partial charge in [0.15, 0.2) is 0 Å². The van der Waals surface area contributed by atoms with E-state index in [9.17, 15) is 70.2 Å². The van der Waals surface area contributed by atoms with Crippen molar-refractivity contribution in [2.75, 3.05) is 0 Å². The zero-order chi connectivity index (χ0) is 20.7. The molecule has 1 aliphatic heterocycles. The second kappa shape index (κ2) is 4.76. The summed E-state index contributed by atoms with van der Waals surface area (Å²) in [6, 6.07) is 0. The molecule has 0 aliphatic carbocycles. The quantitative estimate of drug-likeness (QED) is 0.575. The Morgan fingerprint density at radius 1 is 0.600 bits per heavy atom. The SMILES string of the molecule is FC(F)(F)C(F)(F)C(F)(F)[C@@]1(F)OC(F)(F)[C@](F)(C(F)(F)F)C1(F)F. The van der Waals surface area contributed by atoms with Crippen LogP contribution in [-0.2, 0) is 4.74 Å². The highest BCUT2D eigenvalue weighted by Gasteiger charge is 3.03. The van der Waals surface area contributed by atoms with Crippen molar-refractivity contribution >= 4 is 0 Å². The van der Waals surface area contributed by atoms with Crippen LogP contribution >= 0.6 is 0 Å². The normalized spacial score (nSPS) is 33.6. The molecular formula is C8F16O. The molecule has 1 nitrogen and oxygen atoms in total. The minimum atomic E-state index is -8.11. The molecular weight excluding hydrogens is 416 g/mol. The zero-order valence-corrected chi connectivity index (χ0v) is 10.5. The maximum atomic E-state index is 13.5. The minimum absolute atomic E-state index is 1.57. The van der Waals surface area contributed by atoms with Crippen molar-refractivity contribution in [2.24, 2.45) is 0 Å². The van der Waals surface area contributed by atoms with Crippen molar-refractivity contribution in [3.8, 4) is 0 Å². The standard InChI is InChI=1S/C8F16O/c9-1(6(17,18)19)2(10,11)5(16,25-8(1,23)24)3(12,13)4(14,15)7(20,21)22/t1-,5+/m1/s1. The monoisotopic (exact) mass is 416 g/mol. The Kier molecular flexibility index (Phi) is 4.17. The van der Waals surface area contributed by atoms with Crippen LogP contribution in [0.1, 0.15) is 0 Å². The maximum absolute atomic E-state index is 13.5. The summed E-state index contributed by atoms with van der Waals surface area (Å²) in [6.45, 7) is 0. The fourth-order valence-electron chi connectivity index (χ4n) is 1.70. The van der Waals surface area contributed by atoms with E-state index in [1.54, 1.807) is 4.74 Å². The summed E-state index contributed by atoms with van der Waals surface area (Å²) in [7, 11) is 0. The Labute approximate surface area is 124 Å². The van der Waals surface area contributed by atoms with E-state index in [1.807, 2.05) is 0 Å². The van der Waals surface area contributed by atoms with E-state index in [0.717, 1.165) is 0 Å². The van der Waals surface area contributed by atoms with Gasteiger partial charge in [-0.05, 0) is 0 Å². The lowest BCUT2D eigenvalue weighted by Gasteiger charge is -2.38. The van der Waals surface area contributed by atoms with E-state index in [2.05, 4.69) is 0 Å². The Balaban J connectivity index is 3.79. The number of hydrogen-bond donors (Lipinski definition) is 0. The van der Waals surface area contributed by atoms with Gasteiger partial charge >= 0.3 is 47.8 Å². The van der Waals surface area contributed by atoms with Gasteiger partial charge in [0.1, 0.15) is 0 Å². The molecule has 0 N–H and O–H groups in total. The molecule has 0 radical (unpaired) electrons. The molecule has 17 heteroatoms. The van der Waals surface area contributed by atoms with Gasteiger partial charge in [-0.2, -0.15) is 65.9 Å². The number of hydrogen-bond acceptors (Lipinski definition) is 1. The van der Waals surface area contributed by atoms with Gasteiger partial charge in [-0.25, -0.2) is 4.39 Å². The molecule has 1 rings (SSSR count). The van der Waals surface area contributed by atoms with Gasteiger partial charge in [0, 0.05) is 0 Å². The van der Waals surface area contributed by atoms with Gasteiger partial charge in [-0.1, -0.05) is 0 Å². The van der Waals surface area contributed by atoms with E-state index in [-0.39, 0.29) is 0 Å². The van der Waals surface area contributed by atoms with Crippen LogP contribution in [0.5, 0.6) is 0 Å². The van der Waals surface area contributed by atoms with E-state index in [1.165, 1.54) is 0 Å². The molecule has 0 bridgehead atoms. The van der Waals surface area contributed by atoms with Crippen LogP contribution in [0.4, 0.5) is 70.2 Å². The first-order valence-electron chi connectivity index (χ1n) is 5.18. The lowest BCUT2D eigenvalue weighted by Crippen LogP contribution is -2.71. The molecule has 0 unspecified atom stereocenters. The third-order valence-corrected chi connectivity index (χ3v) is 3.05. The molecule has 0 spiro atoms. The first-order valence-corrected chi connectivity index (χ1v) is 5.18. The number of rotatable bonds is 2. The van der Waals surface area contributed by atoms with Crippen LogP contribution in [0.2, 0.25) is 0 Å². The van der Waals surface area contributed by atoms with Crippen molar-refractivity contribution in [3.63, 3.8) is 0 Å². The summed E-state index contributed by atoms with van der Waals surface area (Å²) in [5.74, 6) is -31.7. The molecule has 1 aliphatic rings. The molecule has 150 valence electrons. The van der Waals surface area contributed by atoms with Crippen LogP contribution in [0.25, 0.3) is 0 Å². The lowest BCUT2D eigenvalue weighted by atomic mass is 9.88. The predicted molar refractivity (Wildman–Crippen MR) is 40.7 cm³/mol. The molecule has 0 saturated carbocycles. The Morgan fingerprint density at radius 3 is 1.20 bits per heavy atom. The molecule has 0 aromatic rings. The fraction of sp³-hybridized carbons (Fsp3) is 1.00. The summed E-state index contributed by atoms with van der Waals surface area (Å²) >= 11 is 0.